The number of nitrogens with zero attached hydrogens (tertiary/aromatic N) is 4. The molecule has 4 rings (SSSR count). The van der Waals surface area contributed by atoms with Crippen LogP contribution in [0.1, 0.15) is 11.1 Å². The molecule has 1 aromatic carbocycles. The Bertz CT molecular complexity index is 1180. The maximum atomic E-state index is 12.7. The predicted octanol–water partition coefficient (Wildman–Crippen LogP) is 3.90. The molecule has 10 heteroatoms. The number of aromatic nitrogens is 2. The number of piperazine rings is 1. The highest BCUT2D eigenvalue weighted by Crippen LogP contribution is 2.27. The number of rotatable bonds is 6. The van der Waals surface area contributed by atoms with E-state index < -0.39 is 6.09 Å². The number of urea groups is 1. The lowest BCUT2D eigenvalue weighted by molar-refractivity contribution is 0.186. The van der Waals surface area contributed by atoms with E-state index >= 15 is 0 Å². The molecule has 1 fully saturated rings. The lowest BCUT2D eigenvalue weighted by atomic mass is 10.2. The molecule has 3 heterocycles. The number of benzene rings is 1. The summed E-state index contributed by atoms with van der Waals surface area (Å²) in [6, 6.07) is 14.9. The molecule has 182 valence electrons. The van der Waals surface area contributed by atoms with Gasteiger partial charge in [0, 0.05) is 44.3 Å². The second-order valence-corrected chi connectivity index (χ2v) is 8.05. The molecule has 35 heavy (non-hydrogen) atoms. The zero-order valence-electron chi connectivity index (χ0n) is 19.7. The number of pyridine rings is 2. The summed E-state index contributed by atoms with van der Waals surface area (Å²) in [5.41, 5.74) is 2.72. The molecule has 2 aromatic heterocycles. The second kappa shape index (κ2) is 11.2. The molecule has 0 unspecified atom stereocenters. The molecule has 10 nitrogen and oxygen atoms in total. The maximum Gasteiger partial charge on any atom is 0.412 e. The average molecular weight is 477 g/mol. The number of carbonyl (C=O) groups is 2. The van der Waals surface area contributed by atoms with Crippen LogP contribution in [0.5, 0.6) is 5.75 Å². The van der Waals surface area contributed by atoms with Crippen LogP contribution in [0.3, 0.4) is 0 Å². The number of anilines is 3. The summed E-state index contributed by atoms with van der Waals surface area (Å²) in [6.07, 6.45) is 2.73. The summed E-state index contributed by atoms with van der Waals surface area (Å²) < 4.78 is 10.7. The third-order valence-electron chi connectivity index (χ3n) is 5.52. The molecule has 0 atom stereocenters. The van der Waals surface area contributed by atoms with Crippen molar-refractivity contribution in [3.05, 3.63) is 72.1 Å². The molecule has 0 aliphatic carbocycles. The van der Waals surface area contributed by atoms with E-state index in [0.29, 0.717) is 37.7 Å². The van der Waals surface area contributed by atoms with Crippen molar-refractivity contribution in [3.8, 4) is 5.75 Å². The number of amides is 3. The molecule has 0 spiro atoms. The summed E-state index contributed by atoms with van der Waals surface area (Å²) in [4.78, 5) is 36.6. The average Bonchev–Trinajstić information content (AvgIpc) is 2.88. The van der Waals surface area contributed by atoms with Crippen LogP contribution in [0.15, 0.2) is 60.9 Å². The molecule has 0 saturated carbocycles. The van der Waals surface area contributed by atoms with Crippen molar-refractivity contribution in [3.63, 3.8) is 0 Å². The van der Waals surface area contributed by atoms with E-state index in [-0.39, 0.29) is 12.6 Å². The van der Waals surface area contributed by atoms with Gasteiger partial charge in [-0.1, -0.05) is 12.1 Å². The zero-order valence-corrected chi connectivity index (χ0v) is 19.7. The van der Waals surface area contributed by atoms with Crippen LogP contribution in [0.25, 0.3) is 0 Å². The van der Waals surface area contributed by atoms with Crippen molar-refractivity contribution in [2.24, 2.45) is 0 Å². The fourth-order valence-electron chi connectivity index (χ4n) is 3.73. The van der Waals surface area contributed by atoms with Crippen molar-refractivity contribution in [1.29, 1.82) is 0 Å². The van der Waals surface area contributed by atoms with E-state index in [2.05, 4.69) is 30.2 Å². The Balaban J connectivity index is 1.34. The molecule has 3 aromatic rings. The van der Waals surface area contributed by atoms with E-state index in [4.69, 9.17) is 4.74 Å². The Hall–Kier alpha value is -4.34. The monoisotopic (exact) mass is 476 g/mol. The molecule has 0 radical (unpaired) electrons. The van der Waals surface area contributed by atoms with Gasteiger partial charge >= 0.3 is 12.1 Å². The van der Waals surface area contributed by atoms with Gasteiger partial charge in [-0.05, 0) is 54.4 Å². The van der Waals surface area contributed by atoms with Crippen molar-refractivity contribution in [2.75, 3.05) is 48.8 Å². The van der Waals surface area contributed by atoms with Crippen LogP contribution in [0.2, 0.25) is 0 Å². The number of hydrogen-bond acceptors (Lipinski definition) is 7. The number of methoxy groups -OCH3 is 1. The summed E-state index contributed by atoms with van der Waals surface area (Å²) in [5, 5.41) is 5.50. The summed E-state index contributed by atoms with van der Waals surface area (Å²) in [5.74, 6) is 1.75. The molecule has 3 amide bonds. The van der Waals surface area contributed by atoms with Gasteiger partial charge in [-0.2, -0.15) is 0 Å². The van der Waals surface area contributed by atoms with Gasteiger partial charge in [0.2, 0.25) is 0 Å². The number of carbonyl (C=O) groups excluding carboxylic acids is 2. The highest BCUT2D eigenvalue weighted by atomic mass is 16.5. The van der Waals surface area contributed by atoms with E-state index in [1.54, 1.807) is 23.4 Å². The normalized spacial score (nSPS) is 13.2. The Morgan fingerprint density at radius 2 is 1.80 bits per heavy atom. The summed E-state index contributed by atoms with van der Waals surface area (Å²) >= 11 is 0. The van der Waals surface area contributed by atoms with E-state index in [0.717, 1.165) is 22.6 Å². The fourth-order valence-corrected chi connectivity index (χ4v) is 3.73. The topological polar surface area (TPSA) is 109 Å². The summed E-state index contributed by atoms with van der Waals surface area (Å²) in [7, 11) is 1.29. The van der Waals surface area contributed by atoms with Crippen LogP contribution < -0.4 is 20.3 Å². The quantitative estimate of drug-likeness (QED) is 0.555. The van der Waals surface area contributed by atoms with Crippen LogP contribution >= 0.6 is 0 Å². The van der Waals surface area contributed by atoms with Gasteiger partial charge in [-0.15, -0.1) is 0 Å². The first kappa shape index (κ1) is 23.8. The van der Waals surface area contributed by atoms with Crippen molar-refractivity contribution in [2.45, 2.75) is 13.5 Å². The minimum atomic E-state index is -0.586. The summed E-state index contributed by atoms with van der Waals surface area (Å²) in [6.45, 7) is 4.68. The van der Waals surface area contributed by atoms with Crippen molar-refractivity contribution < 1.29 is 19.1 Å². The number of aryl methyl sites for hydroxylation is 1. The molecule has 1 aliphatic rings. The molecular formula is C25H28N6O4. The van der Waals surface area contributed by atoms with Crippen LogP contribution in [-0.2, 0) is 11.3 Å². The highest BCUT2D eigenvalue weighted by molar-refractivity contribution is 5.89. The van der Waals surface area contributed by atoms with Gasteiger partial charge in [-0.25, -0.2) is 19.6 Å². The lowest BCUT2D eigenvalue weighted by Crippen LogP contribution is -2.50. The van der Waals surface area contributed by atoms with Gasteiger partial charge in [0.15, 0.2) is 11.6 Å². The highest BCUT2D eigenvalue weighted by Gasteiger charge is 2.24. The minimum absolute atomic E-state index is 0.109. The van der Waals surface area contributed by atoms with E-state index in [1.807, 2.05) is 49.4 Å². The van der Waals surface area contributed by atoms with E-state index in [1.165, 1.54) is 7.11 Å². The zero-order chi connectivity index (χ0) is 24.6. The Morgan fingerprint density at radius 3 is 2.57 bits per heavy atom. The number of nitrogens with one attached hydrogen (secondary N) is 2. The van der Waals surface area contributed by atoms with Crippen molar-refractivity contribution in [1.82, 2.24) is 14.9 Å². The maximum absolute atomic E-state index is 12.7. The first-order valence-corrected chi connectivity index (χ1v) is 11.3. The Morgan fingerprint density at radius 1 is 0.971 bits per heavy atom. The largest absolute Gasteiger partial charge is 0.485 e. The van der Waals surface area contributed by atoms with Gasteiger partial charge in [0.25, 0.3) is 0 Å². The predicted molar refractivity (Wildman–Crippen MR) is 133 cm³/mol. The number of ether oxygens (including phenoxy) is 2. The lowest BCUT2D eigenvalue weighted by Gasteiger charge is -2.35. The fraction of sp³-hybridized carbons (Fsp3) is 0.280. The molecule has 1 aliphatic heterocycles. The van der Waals surface area contributed by atoms with Crippen LogP contribution in [-0.4, -0.2) is 60.3 Å². The molecule has 0 bridgehead atoms. The number of hydrogen-bond donors (Lipinski definition) is 2. The van der Waals surface area contributed by atoms with Gasteiger partial charge in [0.1, 0.15) is 12.4 Å². The van der Waals surface area contributed by atoms with Crippen LogP contribution in [0.4, 0.5) is 26.9 Å². The van der Waals surface area contributed by atoms with Crippen molar-refractivity contribution >= 4 is 29.4 Å². The molecule has 1 saturated heterocycles. The van der Waals surface area contributed by atoms with Gasteiger partial charge < -0.3 is 24.6 Å². The SMILES string of the molecule is COC(=O)Nc1cc(COc2cccnc2N2CCN(C(=O)Nc3cccc(C)c3)CC2)ccn1. The second-order valence-electron chi connectivity index (χ2n) is 8.05. The Kier molecular flexibility index (Phi) is 7.61. The first-order valence-electron chi connectivity index (χ1n) is 11.3. The third-order valence-corrected chi connectivity index (χ3v) is 5.52. The van der Waals surface area contributed by atoms with E-state index in [9.17, 15) is 9.59 Å². The molecular weight excluding hydrogens is 448 g/mol. The smallest absolute Gasteiger partial charge is 0.412 e. The van der Waals surface area contributed by atoms with Gasteiger partial charge in [-0.3, -0.25) is 5.32 Å². The van der Waals surface area contributed by atoms with Crippen LogP contribution in [0, 0.1) is 6.92 Å². The molecule has 2 N–H and O–H groups in total. The minimum Gasteiger partial charge on any atom is -0.485 e. The van der Waals surface area contributed by atoms with Gasteiger partial charge in [0.05, 0.1) is 7.11 Å². The third kappa shape index (κ3) is 6.38. The Labute approximate surface area is 203 Å². The standard InChI is InChI=1S/C25H28N6O4/c1-18-5-3-6-20(15-18)28-24(32)31-13-11-30(12-14-31)23-21(7-4-9-27-23)35-17-19-8-10-26-22(16-19)29-25(33)34-2/h3-10,15-16H,11-14,17H2,1-2H3,(H,28,32)(H,26,29,33). The first-order chi connectivity index (χ1) is 17.0.